The highest BCUT2D eigenvalue weighted by molar-refractivity contribution is 6.02. The van der Waals surface area contributed by atoms with Gasteiger partial charge in [-0.25, -0.2) is 9.78 Å². The molecule has 0 spiro atoms. The lowest BCUT2D eigenvalue weighted by atomic mass is 9.85. The first-order chi connectivity index (χ1) is 23.0. The number of hydrogen-bond acceptors (Lipinski definition) is 11. The highest BCUT2D eigenvalue weighted by Crippen LogP contribution is 2.42. The van der Waals surface area contributed by atoms with Gasteiger partial charge in [-0.05, 0) is 45.7 Å². The Hall–Kier alpha value is -4.62. The van der Waals surface area contributed by atoms with Gasteiger partial charge in [0.05, 0.1) is 69.4 Å². The zero-order valence-electron chi connectivity index (χ0n) is 29.2. The fourth-order valence-corrected chi connectivity index (χ4v) is 6.20. The standard InChI is InChI=1S/C36H45N4O9/c1-8-36(48-30(42)14-11-15-46-31(43)16-22(41)20-40(5,6)7)27-17-29-32-25(19-39(29)33(44)26(27)21-47-34(36)45)24(18-37-49-35(2,3)4)23-12-9-10-13-28(23)38-32/h9-10,12-13,17-18,22,41H,8,11,14-16,19-21H2,1-7H3/q+1/t22-,36-/m0/s1. The van der Waals surface area contributed by atoms with Gasteiger partial charge >= 0.3 is 17.9 Å². The third kappa shape index (κ3) is 7.67. The minimum Gasteiger partial charge on any atom is -0.466 e. The van der Waals surface area contributed by atoms with Crippen LogP contribution in [0.15, 0.2) is 40.3 Å². The topological polar surface area (TPSA) is 156 Å². The number of fused-ring (bicyclic) bond motifs is 5. The number of quaternary nitrogens is 1. The summed E-state index contributed by atoms with van der Waals surface area (Å²) in [4.78, 5) is 63.3. The Morgan fingerprint density at radius 2 is 1.90 bits per heavy atom. The van der Waals surface area contributed by atoms with Crippen molar-refractivity contribution in [3.63, 3.8) is 0 Å². The molecule has 0 fully saturated rings. The minimum absolute atomic E-state index is 0.0205. The Balaban J connectivity index is 1.41. The number of para-hydroxylation sites is 1. The Bertz CT molecular complexity index is 1870. The molecule has 5 rings (SSSR count). The number of aliphatic hydroxyl groups excluding tert-OH is 1. The van der Waals surface area contributed by atoms with E-state index in [0.29, 0.717) is 27.9 Å². The molecule has 13 heteroatoms. The zero-order chi connectivity index (χ0) is 35.7. The second-order valence-electron chi connectivity index (χ2n) is 14.5. The van der Waals surface area contributed by atoms with Crippen LogP contribution in [-0.4, -0.2) is 89.3 Å². The fourth-order valence-electron chi connectivity index (χ4n) is 6.20. The highest BCUT2D eigenvalue weighted by atomic mass is 16.6. The number of hydrogen-bond donors (Lipinski definition) is 1. The Labute approximate surface area is 285 Å². The summed E-state index contributed by atoms with van der Waals surface area (Å²) in [5.74, 6) is -2.05. The van der Waals surface area contributed by atoms with E-state index in [-0.39, 0.29) is 62.1 Å². The SMILES string of the molecule is CC[C@@]1(OC(=O)CCCOC(=O)C[C@H](O)C[N+](C)(C)C)C(=O)OCc2c1cc1n(c2=O)Cc2c-1nc1ccccc1c2C=NOC(C)(C)C. The first-order valence-corrected chi connectivity index (χ1v) is 16.5. The molecule has 3 aromatic rings. The summed E-state index contributed by atoms with van der Waals surface area (Å²) in [5.41, 5.74) is 1.02. The van der Waals surface area contributed by atoms with Crippen LogP contribution in [0.3, 0.4) is 0 Å². The number of oxime groups is 1. The monoisotopic (exact) mass is 677 g/mol. The third-order valence-electron chi connectivity index (χ3n) is 8.35. The van der Waals surface area contributed by atoms with Gasteiger partial charge in [0, 0.05) is 28.5 Å². The molecular weight excluding hydrogens is 632 g/mol. The summed E-state index contributed by atoms with van der Waals surface area (Å²) < 4.78 is 18.6. The summed E-state index contributed by atoms with van der Waals surface area (Å²) in [7, 11) is 5.72. The largest absolute Gasteiger partial charge is 0.466 e. The number of carbonyl (C=O) groups excluding carboxylic acids is 3. The summed E-state index contributed by atoms with van der Waals surface area (Å²) in [6, 6.07) is 9.29. The Morgan fingerprint density at radius 1 is 1.16 bits per heavy atom. The van der Waals surface area contributed by atoms with Crippen LogP contribution < -0.4 is 5.56 Å². The molecule has 0 radical (unpaired) electrons. The fraction of sp³-hybridized carbons (Fsp3) is 0.500. The lowest BCUT2D eigenvalue weighted by Gasteiger charge is -2.35. The van der Waals surface area contributed by atoms with Crippen molar-refractivity contribution in [1.29, 1.82) is 0 Å². The van der Waals surface area contributed by atoms with Crippen LogP contribution in [0.2, 0.25) is 0 Å². The van der Waals surface area contributed by atoms with Crippen molar-refractivity contribution in [2.45, 2.75) is 83.8 Å². The third-order valence-corrected chi connectivity index (χ3v) is 8.35. The van der Waals surface area contributed by atoms with Crippen LogP contribution in [0.1, 0.15) is 75.6 Å². The van der Waals surface area contributed by atoms with E-state index in [1.807, 2.05) is 66.2 Å². The molecule has 262 valence electrons. The molecule has 0 amide bonds. The molecule has 2 atom stereocenters. The molecule has 0 aliphatic carbocycles. The Kier molecular flexibility index (Phi) is 9.98. The number of pyridine rings is 2. The molecular formula is C36H45N4O9+. The molecule has 13 nitrogen and oxygen atoms in total. The van der Waals surface area contributed by atoms with Gasteiger partial charge in [0.2, 0.25) is 5.60 Å². The molecule has 4 heterocycles. The molecule has 2 aromatic heterocycles. The van der Waals surface area contributed by atoms with Crippen LogP contribution in [0.25, 0.3) is 22.3 Å². The number of likely N-dealkylation sites (N-methyl/N-ethyl adjacent to an activating group) is 1. The van der Waals surface area contributed by atoms with Crippen LogP contribution in [0.4, 0.5) is 0 Å². The number of nitrogens with zero attached hydrogens (tertiary/aromatic N) is 4. The van der Waals surface area contributed by atoms with Crippen molar-refractivity contribution in [1.82, 2.24) is 9.55 Å². The molecule has 0 saturated carbocycles. The summed E-state index contributed by atoms with van der Waals surface area (Å²) in [5, 5.41) is 15.2. The maximum atomic E-state index is 14.0. The number of ether oxygens (including phenoxy) is 3. The minimum atomic E-state index is -1.85. The van der Waals surface area contributed by atoms with E-state index in [1.165, 1.54) is 0 Å². The van der Waals surface area contributed by atoms with Crippen LogP contribution in [0, 0.1) is 0 Å². The van der Waals surface area contributed by atoms with Crippen molar-refractivity contribution in [3.05, 3.63) is 62.9 Å². The number of rotatable bonds is 12. The highest BCUT2D eigenvalue weighted by Gasteiger charge is 2.50. The predicted octanol–water partition coefficient (Wildman–Crippen LogP) is 3.56. The van der Waals surface area contributed by atoms with Gasteiger partial charge in [-0.15, -0.1) is 0 Å². The van der Waals surface area contributed by atoms with Crippen LogP contribution in [-0.2, 0) is 52.2 Å². The normalized spacial score (nSPS) is 17.7. The summed E-state index contributed by atoms with van der Waals surface area (Å²) in [6.07, 6.45) is 0.630. The van der Waals surface area contributed by atoms with Gasteiger partial charge in [0.1, 0.15) is 24.9 Å². The van der Waals surface area contributed by atoms with Gasteiger partial charge in [-0.3, -0.25) is 14.4 Å². The molecule has 0 unspecified atom stereocenters. The van der Waals surface area contributed by atoms with E-state index in [1.54, 1.807) is 23.8 Å². The smallest absolute Gasteiger partial charge is 0.355 e. The average Bonchev–Trinajstić information content (AvgIpc) is 3.37. The molecule has 2 aliphatic rings. The lowest BCUT2D eigenvalue weighted by molar-refractivity contribution is -0.873. The van der Waals surface area contributed by atoms with Gasteiger partial charge in [0.25, 0.3) is 5.56 Å². The predicted molar refractivity (Wildman–Crippen MR) is 181 cm³/mol. The molecule has 1 aromatic carbocycles. The van der Waals surface area contributed by atoms with Crippen molar-refractivity contribution >= 4 is 35.0 Å². The first-order valence-electron chi connectivity index (χ1n) is 16.5. The van der Waals surface area contributed by atoms with Gasteiger partial charge in [-0.2, -0.15) is 0 Å². The van der Waals surface area contributed by atoms with Crippen LogP contribution in [0.5, 0.6) is 0 Å². The summed E-state index contributed by atoms with van der Waals surface area (Å²) >= 11 is 0. The van der Waals surface area contributed by atoms with Gasteiger partial charge in [0.15, 0.2) is 0 Å². The number of cyclic esters (lactones) is 1. The Morgan fingerprint density at radius 3 is 2.59 bits per heavy atom. The zero-order valence-corrected chi connectivity index (χ0v) is 29.2. The van der Waals surface area contributed by atoms with E-state index >= 15 is 0 Å². The molecule has 0 saturated heterocycles. The second-order valence-corrected chi connectivity index (χ2v) is 14.5. The van der Waals surface area contributed by atoms with Gasteiger partial charge < -0.3 is 33.2 Å². The maximum absolute atomic E-state index is 14.0. The number of benzene rings is 1. The van der Waals surface area contributed by atoms with E-state index in [0.717, 1.165) is 16.5 Å². The lowest BCUT2D eigenvalue weighted by Crippen LogP contribution is -2.47. The number of aliphatic hydroxyl groups is 1. The van der Waals surface area contributed by atoms with Crippen molar-refractivity contribution in [2.24, 2.45) is 5.16 Å². The number of esters is 3. The molecule has 49 heavy (non-hydrogen) atoms. The van der Waals surface area contributed by atoms with E-state index in [9.17, 15) is 24.3 Å². The van der Waals surface area contributed by atoms with Crippen molar-refractivity contribution in [3.8, 4) is 11.4 Å². The van der Waals surface area contributed by atoms with E-state index < -0.39 is 35.2 Å². The number of carbonyl (C=O) groups is 3. The second kappa shape index (κ2) is 13.7. The van der Waals surface area contributed by atoms with Crippen molar-refractivity contribution in [2.75, 3.05) is 34.3 Å². The summed E-state index contributed by atoms with van der Waals surface area (Å²) in [6.45, 7) is 7.63. The van der Waals surface area contributed by atoms with E-state index in [4.69, 9.17) is 24.0 Å². The molecule has 0 bridgehead atoms. The van der Waals surface area contributed by atoms with Gasteiger partial charge in [-0.1, -0.05) is 30.3 Å². The first kappa shape index (κ1) is 35.7. The quantitative estimate of drug-likeness (QED) is 0.0588. The molecule has 2 aliphatic heterocycles. The van der Waals surface area contributed by atoms with E-state index in [2.05, 4.69) is 5.16 Å². The number of aromatic nitrogens is 2. The maximum Gasteiger partial charge on any atom is 0.355 e. The molecule has 1 N–H and O–H groups in total. The van der Waals surface area contributed by atoms with Crippen LogP contribution >= 0.6 is 0 Å². The van der Waals surface area contributed by atoms with Crippen molar-refractivity contribution < 1.29 is 43.0 Å². The average molecular weight is 678 g/mol.